The van der Waals surface area contributed by atoms with Crippen LogP contribution in [0.15, 0.2) is 28.9 Å². The van der Waals surface area contributed by atoms with Gasteiger partial charge < -0.3 is 0 Å². The maximum atomic E-state index is 13.2. The topological polar surface area (TPSA) is 17.8 Å². The van der Waals surface area contributed by atoms with Crippen molar-refractivity contribution in [2.45, 2.75) is 13.5 Å². The van der Waals surface area contributed by atoms with Crippen molar-refractivity contribution in [1.82, 2.24) is 9.78 Å². The Hall–Kier alpha value is -0.430. The first-order valence-electron chi connectivity index (χ1n) is 4.69. The molecular weight excluding hydrogens is 386 g/mol. The molecule has 0 aliphatic rings. The maximum absolute atomic E-state index is 13.2. The molecule has 0 unspecified atom stereocenters. The van der Waals surface area contributed by atoms with Gasteiger partial charge >= 0.3 is 0 Å². The second-order valence-corrected chi connectivity index (χ2v) is 5.52. The van der Waals surface area contributed by atoms with Crippen LogP contribution in [0.2, 0.25) is 0 Å². The monoisotopic (exact) mass is 394 g/mol. The quantitative estimate of drug-likeness (QED) is 0.709. The van der Waals surface area contributed by atoms with Crippen molar-refractivity contribution in [2.24, 2.45) is 0 Å². The SMILES string of the molecule is Cc1cn(Cc2cc(F)cc(Br)c2)nc1I. The summed E-state index contributed by atoms with van der Waals surface area (Å²) in [4.78, 5) is 0. The van der Waals surface area contributed by atoms with Gasteiger partial charge in [0.05, 0.1) is 6.54 Å². The fourth-order valence-corrected chi connectivity index (χ4v) is 2.40. The van der Waals surface area contributed by atoms with Crippen LogP contribution in [0, 0.1) is 16.4 Å². The van der Waals surface area contributed by atoms with Crippen molar-refractivity contribution in [2.75, 3.05) is 0 Å². The highest BCUT2D eigenvalue weighted by Gasteiger charge is 2.04. The molecule has 0 saturated heterocycles. The van der Waals surface area contributed by atoms with E-state index in [1.54, 1.807) is 0 Å². The van der Waals surface area contributed by atoms with Crippen LogP contribution in [0.5, 0.6) is 0 Å². The molecule has 1 heterocycles. The molecular formula is C11H9BrFIN2. The molecule has 2 rings (SSSR count). The Morgan fingerprint density at radius 2 is 2.19 bits per heavy atom. The summed E-state index contributed by atoms with van der Waals surface area (Å²) < 4.78 is 16.7. The first-order chi connectivity index (χ1) is 7.54. The van der Waals surface area contributed by atoms with Gasteiger partial charge in [0, 0.05) is 16.2 Å². The Kier molecular flexibility index (Phi) is 3.63. The number of nitrogens with zero attached hydrogens (tertiary/aromatic N) is 2. The summed E-state index contributed by atoms with van der Waals surface area (Å²) in [5.41, 5.74) is 2.03. The molecule has 0 N–H and O–H groups in total. The molecule has 0 aliphatic carbocycles. The Balaban J connectivity index is 2.26. The third kappa shape index (κ3) is 2.82. The molecule has 0 spiro atoms. The van der Waals surface area contributed by atoms with Gasteiger partial charge in [0.2, 0.25) is 0 Å². The lowest BCUT2D eigenvalue weighted by atomic mass is 10.2. The highest BCUT2D eigenvalue weighted by atomic mass is 127. The number of hydrogen-bond donors (Lipinski definition) is 0. The molecule has 0 atom stereocenters. The van der Waals surface area contributed by atoms with Gasteiger partial charge in [-0.05, 0) is 53.3 Å². The lowest BCUT2D eigenvalue weighted by Crippen LogP contribution is -2.00. The van der Waals surface area contributed by atoms with Crippen molar-refractivity contribution in [3.05, 3.63) is 49.5 Å². The number of aryl methyl sites for hydroxylation is 1. The minimum Gasteiger partial charge on any atom is -0.267 e. The van der Waals surface area contributed by atoms with Gasteiger partial charge in [0.1, 0.15) is 9.52 Å². The van der Waals surface area contributed by atoms with Crippen LogP contribution in [0.4, 0.5) is 4.39 Å². The molecule has 16 heavy (non-hydrogen) atoms. The Labute approximate surface area is 115 Å². The molecule has 0 saturated carbocycles. The van der Waals surface area contributed by atoms with Crippen LogP contribution >= 0.6 is 38.5 Å². The van der Waals surface area contributed by atoms with E-state index >= 15 is 0 Å². The smallest absolute Gasteiger partial charge is 0.126 e. The Morgan fingerprint density at radius 3 is 2.75 bits per heavy atom. The largest absolute Gasteiger partial charge is 0.267 e. The van der Waals surface area contributed by atoms with Crippen LogP contribution in [0.25, 0.3) is 0 Å². The highest BCUT2D eigenvalue weighted by molar-refractivity contribution is 14.1. The number of aromatic nitrogens is 2. The summed E-state index contributed by atoms with van der Waals surface area (Å²) in [6, 6.07) is 4.86. The van der Waals surface area contributed by atoms with E-state index in [1.807, 2.05) is 23.9 Å². The van der Waals surface area contributed by atoms with E-state index in [0.717, 1.165) is 19.3 Å². The molecule has 1 aromatic heterocycles. The third-order valence-electron chi connectivity index (χ3n) is 2.15. The van der Waals surface area contributed by atoms with Gasteiger partial charge in [-0.3, -0.25) is 4.68 Å². The Bertz CT molecular complexity index is 485. The predicted octanol–water partition coefficient (Wildman–Crippen LogP) is 3.75. The van der Waals surface area contributed by atoms with E-state index in [1.165, 1.54) is 12.1 Å². The molecule has 0 radical (unpaired) electrons. The maximum Gasteiger partial charge on any atom is 0.126 e. The zero-order valence-electron chi connectivity index (χ0n) is 8.54. The molecule has 0 aliphatic heterocycles. The number of halogens is 3. The van der Waals surface area contributed by atoms with Gasteiger partial charge in [-0.15, -0.1) is 0 Å². The van der Waals surface area contributed by atoms with Crippen LogP contribution in [0.3, 0.4) is 0 Å². The van der Waals surface area contributed by atoms with E-state index in [4.69, 9.17) is 0 Å². The molecule has 5 heteroatoms. The minimum atomic E-state index is -0.233. The third-order valence-corrected chi connectivity index (χ3v) is 3.68. The highest BCUT2D eigenvalue weighted by Crippen LogP contribution is 2.16. The van der Waals surface area contributed by atoms with E-state index < -0.39 is 0 Å². The summed E-state index contributed by atoms with van der Waals surface area (Å²) in [5, 5.41) is 4.33. The summed E-state index contributed by atoms with van der Waals surface area (Å²) in [7, 11) is 0. The van der Waals surface area contributed by atoms with Crippen molar-refractivity contribution < 1.29 is 4.39 Å². The van der Waals surface area contributed by atoms with E-state index in [0.29, 0.717) is 6.54 Å². The zero-order valence-corrected chi connectivity index (χ0v) is 12.3. The number of hydrogen-bond acceptors (Lipinski definition) is 1. The molecule has 2 nitrogen and oxygen atoms in total. The summed E-state index contributed by atoms with van der Waals surface area (Å²) in [6.07, 6.45) is 1.96. The standard InChI is InChI=1S/C11H9BrFIN2/c1-7-5-16(15-11(7)14)6-8-2-9(12)4-10(13)3-8/h2-5H,6H2,1H3. The average Bonchev–Trinajstić information content (AvgIpc) is 2.43. The summed E-state index contributed by atoms with van der Waals surface area (Å²) in [5.74, 6) is -0.233. The molecule has 0 bridgehead atoms. The second kappa shape index (κ2) is 4.83. The molecule has 0 amide bonds. The molecule has 1 aromatic carbocycles. The van der Waals surface area contributed by atoms with Crippen molar-refractivity contribution in [3.8, 4) is 0 Å². The molecule has 84 valence electrons. The van der Waals surface area contributed by atoms with Gasteiger partial charge in [0.25, 0.3) is 0 Å². The molecule has 2 aromatic rings. The number of rotatable bonds is 2. The molecule has 0 fully saturated rings. The predicted molar refractivity (Wildman–Crippen MR) is 72.9 cm³/mol. The zero-order chi connectivity index (χ0) is 11.7. The van der Waals surface area contributed by atoms with Crippen LogP contribution in [-0.4, -0.2) is 9.78 Å². The van der Waals surface area contributed by atoms with Crippen molar-refractivity contribution in [3.63, 3.8) is 0 Å². The van der Waals surface area contributed by atoms with Crippen molar-refractivity contribution >= 4 is 38.5 Å². The lowest BCUT2D eigenvalue weighted by molar-refractivity contribution is 0.617. The first-order valence-corrected chi connectivity index (χ1v) is 6.56. The minimum absolute atomic E-state index is 0.233. The Morgan fingerprint density at radius 1 is 1.44 bits per heavy atom. The normalized spacial score (nSPS) is 10.8. The summed E-state index contributed by atoms with van der Waals surface area (Å²) in [6.45, 7) is 2.59. The van der Waals surface area contributed by atoms with Crippen LogP contribution in [-0.2, 0) is 6.54 Å². The fourth-order valence-electron chi connectivity index (χ4n) is 1.47. The first kappa shape index (κ1) is 12.0. The van der Waals surface area contributed by atoms with E-state index in [9.17, 15) is 4.39 Å². The second-order valence-electron chi connectivity index (χ2n) is 3.58. The average molecular weight is 395 g/mol. The van der Waals surface area contributed by atoms with E-state index in [-0.39, 0.29) is 5.82 Å². The van der Waals surface area contributed by atoms with Crippen LogP contribution in [0.1, 0.15) is 11.1 Å². The van der Waals surface area contributed by atoms with Gasteiger partial charge in [0.15, 0.2) is 0 Å². The number of benzene rings is 1. The van der Waals surface area contributed by atoms with Gasteiger partial charge in [-0.25, -0.2) is 4.39 Å². The lowest BCUT2D eigenvalue weighted by Gasteiger charge is -2.03. The summed E-state index contributed by atoms with van der Waals surface area (Å²) >= 11 is 5.46. The fraction of sp³-hybridized carbons (Fsp3) is 0.182. The van der Waals surface area contributed by atoms with E-state index in [2.05, 4.69) is 43.6 Å². The van der Waals surface area contributed by atoms with Gasteiger partial charge in [-0.1, -0.05) is 15.9 Å². The van der Waals surface area contributed by atoms with Crippen molar-refractivity contribution in [1.29, 1.82) is 0 Å². The van der Waals surface area contributed by atoms with Gasteiger partial charge in [-0.2, -0.15) is 5.10 Å². The van der Waals surface area contributed by atoms with Crippen LogP contribution < -0.4 is 0 Å².